The number of hydrogen-bond donors (Lipinski definition) is 2. The molecule has 21 heavy (non-hydrogen) atoms. The number of carboxylic acid groups (broad SMARTS) is 1. The number of aromatic carboxylic acids is 1. The third-order valence-corrected chi connectivity index (χ3v) is 3.82. The summed E-state index contributed by atoms with van der Waals surface area (Å²) in [6, 6.07) is 9.85. The van der Waals surface area contributed by atoms with Crippen molar-refractivity contribution in [1.29, 1.82) is 0 Å². The minimum absolute atomic E-state index is 0.00568. The van der Waals surface area contributed by atoms with Gasteiger partial charge >= 0.3 is 5.97 Å². The molecule has 110 valence electrons. The van der Waals surface area contributed by atoms with Gasteiger partial charge in [0, 0.05) is 24.8 Å². The Labute approximate surface area is 126 Å². The van der Waals surface area contributed by atoms with E-state index in [2.05, 4.69) is 10.3 Å². The van der Waals surface area contributed by atoms with Crippen LogP contribution in [0.4, 0.5) is 0 Å². The summed E-state index contributed by atoms with van der Waals surface area (Å²) in [5.74, 6) is -1.03. The standard InChI is InChI=1S/C15H16N2O3S/c18-13(7-6-11-4-2-1-3-5-11)16-9-8-14-17-12(10-21-14)15(19)20/h1-5,10H,6-9H2,(H,16,18)(H,19,20). The largest absolute Gasteiger partial charge is 0.476 e. The molecule has 0 radical (unpaired) electrons. The van der Waals surface area contributed by atoms with Crippen LogP contribution in [0.25, 0.3) is 0 Å². The molecule has 0 spiro atoms. The summed E-state index contributed by atoms with van der Waals surface area (Å²) < 4.78 is 0. The van der Waals surface area contributed by atoms with Crippen LogP contribution in [-0.4, -0.2) is 28.5 Å². The first-order valence-corrected chi connectivity index (χ1v) is 7.51. The van der Waals surface area contributed by atoms with Crippen LogP contribution < -0.4 is 5.32 Å². The smallest absolute Gasteiger partial charge is 0.355 e. The van der Waals surface area contributed by atoms with E-state index < -0.39 is 5.97 Å². The van der Waals surface area contributed by atoms with Crippen LogP contribution in [0.5, 0.6) is 0 Å². The molecule has 0 aliphatic rings. The van der Waals surface area contributed by atoms with Crippen molar-refractivity contribution in [3.63, 3.8) is 0 Å². The van der Waals surface area contributed by atoms with Gasteiger partial charge in [-0.15, -0.1) is 11.3 Å². The summed E-state index contributed by atoms with van der Waals surface area (Å²) in [7, 11) is 0. The molecule has 0 saturated heterocycles. The van der Waals surface area contributed by atoms with Crippen LogP contribution in [0.1, 0.15) is 27.5 Å². The first kappa shape index (κ1) is 15.2. The second-order valence-corrected chi connectivity index (χ2v) is 5.46. The number of nitrogens with one attached hydrogen (secondary N) is 1. The van der Waals surface area contributed by atoms with Crippen molar-refractivity contribution in [1.82, 2.24) is 10.3 Å². The lowest BCUT2D eigenvalue weighted by Crippen LogP contribution is -2.25. The molecule has 2 rings (SSSR count). The number of carbonyl (C=O) groups is 2. The van der Waals surface area contributed by atoms with E-state index in [1.807, 2.05) is 30.3 Å². The summed E-state index contributed by atoms with van der Waals surface area (Å²) in [6.45, 7) is 0.472. The summed E-state index contributed by atoms with van der Waals surface area (Å²) >= 11 is 1.30. The van der Waals surface area contributed by atoms with E-state index in [-0.39, 0.29) is 11.6 Å². The molecule has 6 heteroatoms. The van der Waals surface area contributed by atoms with Gasteiger partial charge < -0.3 is 10.4 Å². The maximum Gasteiger partial charge on any atom is 0.355 e. The fourth-order valence-electron chi connectivity index (χ4n) is 1.82. The fourth-order valence-corrected chi connectivity index (χ4v) is 2.60. The highest BCUT2D eigenvalue weighted by molar-refractivity contribution is 7.09. The molecule has 0 fully saturated rings. The predicted octanol–water partition coefficient (Wildman–Crippen LogP) is 2.13. The number of carbonyl (C=O) groups excluding carboxylic acids is 1. The van der Waals surface area contributed by atoms with Gasteiger partial charge in [-0.2, -0.15) is 0 Å². The average molecular weight is 304 g/mol. The van der Waals surface area contributed by atoms with Crippen LogP contribution in [0.2, 0.25) is 0 Å². The van der Waals surface area contributed by atoms with Gasteiger partial charge in [-0.25, -0.2) is 9.78 Å². The molecule has 0 aliphatic heterocycles. The molecule has 2 aromatic rings. The van der Waals surface area contributed by atoms with Gasteiger partial charge in [0.2, 0.25) is 5.91 Å². The highest BCUT2D eigenvalue weighted by atomic mass is 32.1. The summed E-state index contributed by atoms with van der Waals surface area (Å²) in [6.07, 6.45) is 1.71. The Morgan fingerprint density at radius 2 is 1.95 bits per heavy atom. The first-order valence-electron chi connectivity index (χ1n) is 6.63. The van der Waals surface area contributed by atoms with Gasteiger partial charge in [0.05, 0.1) is 5.01 Å². The molecule has 0 atom stereocenters. The lowest BCUT2D eigenvalue weighted by molar-refractivity contribution is -0.121. The minimum atomic E-state index is -1.02. The second kappa shape index (κ2) is 7.54. The number of rotatable bonds is 7. The lowest BCUT2D eigenvalue weighted by atomic mass is 10.1. The Hall–Kier alpha value is -2.21. The molecule has 1 heterocycles. The number of hydrogen-bond acceptors (Lipinski definition) is 4. The molecule has 0 bridgehead atoms. The van der Waals surface area contributed by atoms with E-state index in [0.29, 0.717) is 25.8 Å². The number of benzene rings is 1. The number of amides is 1. The molecule has 0 saturated carbocycles. The Morgan fingerprint density at radius 1 is 1.19 bits per heavy atom. The Balaban J connectivity index is 1.68. The van der Waals surface area contributed by atoms with Crippen molar-refractivity contribution in [3.05, 3.63) is 52.0 Å². The number of aromatic nitrogens is 1. The number of carboxylic acids is 1. The Kier molecular flexibility index (Phi) is 5.45. The fraction of sp³-hybridized carbons (Fsp3) is 0.267. The molecule has 1 aromatic carbocycles. The summed E-state index contributed by atoms with van der Waals surface area (Å²) in [5, 5.41) is 13.8. The SMILES string of the molecule is O=C(CCc1ccccc1)NCCc1nc(C(=O)O)cs1. The van der Waals surface area contributed by atoms with Crippen LogP contribution in [0.3, 0.4) is 0 Å². The quantitative estimate of drug-likeness (QED) is 0.821. The van der Waals surface area contributed by atoms with Crippen molar-refractivity contribution >= 4 is 23.2 Å². The van der Waals surface area contributed by atoms with E-state index in [4.69, 9.17) is 5.11 Å². The lowest BCUT2D eigenvalue weighted by Gasteiger charge is -2.04. The molecule has 1 aromatic heterocycles. The van der Waals surface area contributed by atoms with Gasteiger partial charge in [-0.05, 0) is 12.0 Å². The monoisotopic (exact) mass is 304 g/mol. The number of nitrogens with zero attached hydrogens (tertiary/aromatic N) is 1. The average Bonchev–Trinajstić information content (AvgIpc) is 2.95. The van der Waals surface area contributed by atoms with Crippen molar-refractivity contribution < 1.29 is 14.7 Å². The zero-order valence-electron chi connectivity index (χ0n) is 11.4. The van der Waals surface area contributed by atoms with Crippen molar-refractivity contribution in [3.8, 4) is 0 Å². The first-order chi connectivity index (χ1) is 10.1. The second-order valence-electron chi connectivity index (χ2n) is 4.52. The maximum atomic E-state index is 11.7. The van der Waals surface area contributed by atoms with Gasteiger partial charge in [-0.1, -0.05) is 30.3 Å². The normalized spacial score (nSPS) is 10.3. The maximum absolute atomic E-state index is 11.7. The van der Waals surface area contributed by atoms with E-state index >= 15 is 0 Å². The van der Waals surface area contributed by atoms with E-state index in [1.165, 1.54) is 16.7 Å². The third-order valence-electron chi connectivity index (χ3n) is 2.92. The topological polar surface area (TPSA) is 79.3 Å². The highest BCUT2D eigenvalue weighted by Gasteiger charge is 2.08. The molecule has 0 unspecified atom stereocenters. The van der Waals surface area contributed by atoms with E-state index in [9.17, 15) is 9.59 Å². The van der Waals surface area contributed by atoms with Crippen LogP contribution in [0.15, 0.2) is 35.7 Å². The van der Waals surface area contributed by atoms with Crippen LogP contribution in [-0.2, 0) is 17.6 Å². The third kappa shape index (κ3) is 5.00. The zero-order valence-corrected chi connectivity index (χ0v) is 12.2. The van der Waals surface area contributed by atoms with Crippen molar-refractivity contribution in [2.45, 2.75) is 19.3 Å². The Morgan fingerprint density at radius 3 is 2.62 bits per heavy atom. The van der Waals surface area contributed by atoms with Gasteiger partial charge in [0.15, 0.2) is 5.69 Å². The number of aryl methyl sites for hydroxylation is 1. The molecule has 2 N–H and O–H groups in total. The van der Waals surface area contributed by atoms with Crippen LogP contribution >= 0.6 is 11.3 Å². The molecule has 1 amide bonds. The highest BCUT2D eigenvalue weighted by Crippen LogP contribution is 2.10. The van der Waals surface area contributed by atoms with Crippen LogP contribution in [0, 0.1) is 0 Å². The van der Waals surface area contributed by atoms with Gasteiger partial charge in [0.25, 0.3) is 0 Å². The summed E-state index contributed by atoms with van der Waals surface area (Å²) in [4.78, 5) is 26.4. The van der Waals surface area contributed by atoms with E-state index in [0.717, 1.165) is 10.6 Å². The minimum Gasteiger partial charge on any atom is -0.476 e. The van der Waals surface area contributed by atoms with Gasteiger partial charge in [-0.3, -0.25) is 4.79 Å². The van der Waals surface area contributed by atoms with Gasteiger partial charge in [0.1, 0.15) is 0 Å². The predicted molar refractivity (Wildman–Crippen MR) is 80.6 cm³/mol. The van der Waals surface area contributed by atoms with Crippen molar-refractivity contribution in [2.24, 2.45) is 0 Å². The Bertz CT molecular complexity index is 610. The molecule has 5 nitrogen and oxygen atoms in total. The van der Waals surface area contributed by atoms with Crippen molar-refractivity contribution in [2.75, 3.05) is 6.54 Å². The number of thiazole rings is 1. The molecule has 0 aliphatic carbocycles. The summed E-state index contributed by atoms with van der Waals surface area (Å²) in [5.41, 5.74) is 1.20. The molecular weight excluding hydrogens is 288 g/mol. The van der Waals surface area contributed by atoms with E-state index in [1.54, 1.807) is 0 Å². The zero-order chi connectivity index (χ0) is 15.1. The molecular formula is C15H16N2O3S.